The molecule has 6 heteroatoms. The highest BCUT2D eigenvalue weighted by molar-refractivity contribution is 7.92. The van der Waals surface area contributed by atoms with Gasteiger partial charge in [0.05, 0.1) is 0 Å². The molecule has 0 unspecified atom stereocenters. The predicted molar refractivity (Wildman–Crippen MR) is 69.8 cm³/mol. The van der Waals surface area contributed by atoms with E-state index in [9.17, 15) is 17.6 Å². The first-order chi connectivity index (χ1) is 8.99. The topological polar surface area (TPSA) is 54.5 Å². The van der Waals surface area contributed by atoms with E-state index in [1.54, 1.807) is 6.07 Å². The zero-order chi connectivity index (χ0) is 13.9. The van der Waals surface area contributed by atoms with Crippen molar-refractivity contribution in [2.24, 2.45) is 0 Å². The van der Waals surface area contributed by atoms with Gasteiger partial charge in [0.25, 0.3) is 15.9 Å². The summed E-state index contributed by atoms with van der Waals surface area (Å²) < 4.78 is 37.0. The average Bonchev–Trinajstić information content (AvgIpc) is 2.35. The number of halogens is 1. The molecule has 1 aromatic carbocycles. The Morgan fingerprint density at radius 2 is 2.16 bits per heavy atom. The van der Waals surface area contributed by atoms with Gasteiger partial charge in [0.15, 0.2) is 0 Å². The molecule has 0 saturated heterocycles. The number of nitrogens with zero attached hydrogens (tertiary/aromatic N) is 1. The van der Waals surface area contributed by atoms with E-state index in [-0.39, 0.29) is 6.54 Å². The summed E-state index contributed by atoms with van der Waals surface area (Å²) in [5, 5.41) is 1.02. The van der Waals surface area contributed by atoms with Crippen LogP contribution in [0.4, 0.5) is 4.39 Å². The standard InChI is InChI=1S/C13H12FNO3S/c14-12-5-3-4-11(10-12)6-7-13(16)15-8-1-2-9-19(15,17)18/h2-7,9-10H,1,8H2/b7-6+. The van der Waals surface area contributed by atoms with E-state index in [2.05, 4.69) is 0 Å². The predicted octanol–water partition coefficient (Wildman–Crippen LogP) is 1.91. The van der Waals surface area contributed by atoms with Crippen LogP contribution >= 0.6 is 0 Å². The van der Waals surface area contributed by atoms with Crippen molar-refractivity contribution < 1.29 is 17.6 Å². The molecular formula is C13H12FNO3S. The van der Waals surface area contributed by atoms with Gasteiger partial charge in [0, 0.05) is 18.0 Å². The zero-order valence-corrected chi connectivity index (χ0v) is 10.8. The summed E-state index contributed by atoms with van der Waals surface area (Å²) >= 11 is 0. The molecule has 1 aliphatic heterocycles. The first-order valence-corrected chi connectivity index (χ1v) is 7.16. The smallest absolute Gasteiger partial charge is 0.260 e. The number of carbonyl (C=O) groups excluding carboxylic acids is 1. The fourth-order valence-corrected chi connectivity index (χ4v) is 2.88. The largest absolute Gasteiger partial charge is 0.269 e. The lowest BCUT2D eigenvalue weighted by Crippen LogP contribution is -2.36. The Balaban J connectivity index is 2.16. The molecule has 0 spiro atoms. The lowest BCUT2D eigenvalue weighted by Gasteiger charge is -2.21. The summed E-state index contributed by atoms with van der Waals surface area (Å²) in [5.74, 6) is -1.04. The van der Waals surface area contributed by atoms with Crippen LogP contribution in [-0.4, -0.2) is 25.2 Å². The van der Waals surface area contributed by atoms with Gasteiger partial charge in [0.2, 0.25) is 0 Å². The number of amides is 1. The summed E-state index contributed by atoms with van der Waals surface area (Å²) in [6, 6.07) is 5.69. The van der Waals surface area contributed by atoms with Crippen molar-refractivity contribution in [1.29, 1.82) is 0 Å². The van der Waals surface area contributed by atoms with E-state index in [4.69, 9.17) is 0 Å². The Hall–Kier alpha value is -1.95. The summed E-state index contributed by atoms with van der Waals surface area (Å²) in [6.45, 7) is 0.130. The van der Waals surface area contributed by atoms with Gasteiger partial charge in [-0.2, -0.15) is 0 Å². The van der Waals surface area contributed by atoms with E-state index in [0.717, 1.165) is 15.8 Å². The van der Waals surface area contributed by atoms with Crippen molar-refractivity contribution in [2.45, 2.75) is 6.42 Å². The van der Waals surface area contributed by atoms with E-state index in [1.807, 2.05) is 0 Å². The average molecular weight is 281 g/mol. The SMILES string of the molecule is O=C(/C=C/c1cccc(F)c1)N1CCC=CS1(=O)=O. The lowest BCUT2D eigenvalue weighted by molar-refractivity contribution is -0.121. The second-order valence-electron chi connectivity index (χ2n) is 4.00. The Kier molecular flexibility index (Phi) is 3.80. The fraction of sp³-hybridized carbons (Fsp3) is 0.154. The molecule has 0 radical (unpaired) electrons. The van der Waals surface area contributed by atoms with Crippen LogP contribution < -0.4 is 0 Å². The Labute approximate surface area is 110 Å². The number of carbonyl (C=O) groups is 1. The third-order valence-electron chi connectivity index (χ3n) is 2.59. The Morgan fingerprint density at radius 3 is 2.84 bits per heavy atom. The molecule has 0 aromatic heterocycles. The van der Waals surface area contributed by atoms with Crippen molar-refractivity contribution >= 4 is 22.0 Å². The summed E-state index contributed by atoms with van der Waals surface area (Å²) in [4.78, 5) is 11.8. The minimum Gasteiger partial charge on any atom is -0.269 e. The molecule has 100 valence electrons. The quantitative estimate of drug-likeness (QED) is 0.778. The van der Waals surface area contributed by atoms with Gasteiger partial charge >= 0.3 is 0 Å². The summed E-state index contributed by atoms with van der Waals surface area (Å²) in [6.07, 6.45) is 4.53. The molecular weight excluding hydrogens is 269 g/mol. The lowest BCUT2D eigenvalue weighted by atomic mass is 10.2. The molecule has 0 aliphatic carbocycles. The van der Waals surface area contributed by atoms with Gasteiger partial charge < -0.3 is 0 Å². The normalized spacial score (nSPS) is 17.8. The highest BCUT2D eigenvalue weighted by Crippen LogP contribution is 2.13. The Morgan fingerprint density at radius 1 is 1.37 bits per heavy atom. The maximum Gasteiger partial charge on any atom is 0.260 e. The van der Waals surface area contributed by atoms with Crippen LogP contribution in [0.3, 0.4) is 0 Å². The van der Waals surface area contributed by atoms with Crippen LogP contribution in [0.5, 0.6) is 0 Å². The maximum absolute atomic E-state index is 12.9. The number of hydrogen-bond donors (Lipinski definition) is 0. The fourth-order valence-electron chi connectivity index (χ4n) is 1.68. The van der Waals surface area contributed by atoms with Crippen molar-refractivity contribution in [2.75, 3.05) is 6.54 Å². The van der Waals surface area contributed by atoms with Crippen LogP contribution in [0.2, 0.25) is 0 Å². The molecule has 1 aromatic rings. The van der Waals surface area contributed by atoms with Crippen LogP contribution in [0.25, 0.3) is 6.08 Å². The highest BCUT2D eigenvalue weighted by Gasteiger charge is 2.25. The van der Waals surface area contributed by atoms with Crippen LogP contribution in [0.15, 0.2) is 41.8 Å². The van der Waals surface area contributed by atoms with Crippen LogP contribution in [0.1, 0.15) is 12.0 Å². The molecule has 2 rings (SSSR count). The highest BCUT2D eigenvalue weighted by atomic mass is 32.2. The summed E-state index contributed by atoms with van der Waals surface area (Å²) in [7, 11) is -3.66. The second kappa shape index (κ2) is 5.36. The van der Waals surface area contributed by atoms with Gasteiger partial charge in [0.1, 0.15) is 5.82 Å². The molecule has 0 fully saturated rings. The third kappa shape index (κ3) is 3.29. The van der Waals surface area contributed by atoms with Crippen molar-refractivity contribution in [3.05, 3.63) is 53.2 Å². The molecule has 0 atom stereocenters. The molecule has 1 heterocycles. The maximum atomic E-state index is 12.9. The second-order valence-corrected chi connectivity index (χ2v) is 5.75. The van der Waals surface area contributed by atoms with E-state index >= 15 is 0 Å². The van der Waals surface area contributed by atoms with Gasteiger partial charge in [-0.3, -0.25) is 4.79 Å². The van der Waals surface area contributed by atoms with Crippen LogP contribution in [-0.2, 0) is 14.8 Å². The van der Waals surface area contributed by atoms with Crippen molar-refractivity contribution in [3.8, 4) is 0 Å². The minimum absolute atomic E-state index is 0.130. The molecule has 19 heavy (non-hydrogen) atoms. The van der Waals surface area contributed by atoms with Gasteiger partial charge in [-0.1, -0.05) is 18.2 Å². The molecule has 0 saturated carbocycles. The first-order valence-electron chi connectivity index (χ1n) is 5.66. The number of sulfonamides is 1. The minimum atomic E-state index is -3.66. The monoisotopic (exact) mass is 281 g/mol. The van der Waals surface area contributed by atoms with Crippen molar-refractivity contribution in [3.63, 3.8) is 0 Å². The first kappa shape index (κ1) is 13.5. The zero-order valence-electron chi connectivity index (χ0n) is 9.99. The summed E-state index contributed by atoms with van der Waals surface area (Å²) in [5.41, 5.74) is 0.498. The molecule has 1 aliphatic rings. The third-order valence-corrected chi connectivity index (χ3v) is 4.10. The molecule has 1 amide bonds. The van der Waals surface area contributed by atoms with E-state index in [0.29, 0.717) is 12.0 Å². The number of benzene rings is 1. The van der Waals surface area contributed by atoms with E-state index in [1.165, 1.54) is 30.4 Å². The number of rotatable bonds is 2. The van der Waals surface area contributed by atoms with Crippen molar-refractivity contribution in [1.82, 2.24) is 4.31 Å². The molecule has 0 N–H and O–H groups in total. The molecule has 0 bridgehead atoms. The van der Waals surface area contributed by atoms with Gasteiger partial charge in [-0.25, -0.2) is 17.1 Å². The molecule has 4 nitrogen and oxygen atoms in total. The number of hydrogen-bond acceptors (Lipinski definition) is 3. The van der Waals surface area contributed by atoms with E-state index < -0.39 is 21.7 Å². The van der Waals surface area contributed by atoms with Gasteiger partial charge in [-0.05, 0) is 30.2 Å². The van der Waals surface area contributed by atoms with Crippen LogP contribution in [0, 0.1) is 5.82 Å². The Bertz CT molecular complexity index is 650. The van der Waals surface area contributed by atoms with Gasteiger partial charge in [-0.15, -0.1) is 0 Å².